The Morgan fingerprint density at radius 1 is 0.734 bits per heavy atom. The summed E-state index contributed by atoms with van der Waals surface area (Å²) in [5, 5.41) is 21.6. The van der Waals surface area contributed by atoms with Gasteiger partial charge >= 0.3 is 0 Å². The molecule has 2 fully saturated rings. The molecule has 64 heavy (non-hydrogen) atoms. The lowest BCUT2D eigenvalue weighted by Crippen LogP contribution is -2.63. The fourth-order valence-electron chi connectivity index (χ4n) is 7.71. The Balaban J connectivity index is 2.20. The minimum atomic E-state index is -1.64. The molecule has 358 valence electrons. The fraction of sp³-hybridized carbons (Fsp3) is 0.696. The molecule has 7 atom stereocenters. The van der Waals surface area contributed by atoms with E-state index in [2.05, 4.69) is 21.3 Å². The van der Waals surface area contributed by atoms with Gasteiger partial charge in [0.25, 0.3) is 0 Å². The standard InChI is InChI=1S/C46H74N8O10/c1-28(2)22-32-43(61)51(9)26-38(57)52(10)36(23-29(3)4)45(63)53(11)35(24-31-18-14-12-15-19-31)41(59)50-39(30(5)55)42(60)49-34(27-64-46(6,7)8)40(58)48-33(25-37(56)47-32)44(62)54-20-16-13-17-21-54/h12,14-15,18-19,28-30,32-36,39,55H,13,16-17,20-27H2,1-11H3,(H,47,56)(H,48,58)(H,49,60)(H,50,59)/t30-,32+,33?,34+,35+,36+,39+/m1/s1. The zero-order chi connectivity index (χ0) is 48.1. The molecule has 2 saturated heterocycles. The molecule has 3 rings (SSSR count). The first-order valence-electron chi connectivity index (χ1n) is 22.5. The molecule has 0 aliphatic carbocycles. The molecule has 0 aromatic heterocycles. The van der Waals surface area contributed by atoms with E-state index in [1.54, 1.807) is 56.0 Å². The second-order valence-corrected chi connectivity index (χ2v) is 19.1. The van der Waals surface area contributed by atoms with Crippen LogP contribution in [0.15, 0.2) is 30.3 Å². The average molecular weight is 899 g/mol. The monoisotopic (exact) mass is 899 g/mol. The van der Waals surface area contributed by atoms with Gasteiger partial charge in [0.15, 0.2) is 0 Å². The molecule has 1 aromatic rings. The van der Waals surface area contributed by atoms with Crippen molar-refractivity contribution >= 4 is 47.3 Å². The Kier molecular flexibility index (Phi) is 20.2. The maximum atomic E-state index is 14.6. The number of carbonyl (C=O) groups is 8. The normalized spacial score (nSPS) is 25.3. The first-order valence-corrected chi connectivity index (χ1v) is 22.5. The lowest BCUT2D eigenvalue weighted by atomic mass is 9.98. The Morgan fingerprint density at radius 3 is 1.91 bits per heavy atom. The number of piperidine rings is 1. The third-order valence-corrected chi connectivity index (χ3v) is 11.4. The van der Waals surface area contributed by atoms with Crippen molar-refractivity contribution in [2.45, 2.75) is 148 Å². The molecule has 1 unspecified atom stereocenters. The van der Waals surface area contributed by atoms with E-state index in [1.807, 2.05) is 27.7 Å². The van der Waals surface area contributed by atoms with Crippen LogP contribution in [0.5, 0.6) is 0 Å². The van der Waals surface area contributed by atoms with Crippen molar-refractivity contribution < 1.29 is 48.2 Å². The van der Waals surface area contributed by atoms with Gasteiger partial charge in [-0.25, -0.2) is 0 Å². The molecule has 0 radical (unpaired) electrons. The van der Waals surface area contributed by atoms with Crippen LogP contribution in [0.3, 0.4) is 0 Å². The maximum Gasteiger partial charge on any atom is 0.245 e. The second kappa shape index (κ2) is 24.3. The number of rotatable bonds is 10. The zero-order valence-corrected chi connectivity index (χ0v) is 39.8. The number of likely N-dealkylation sites (tertiary alicyclic amines) is 1. The number of likely N-dealkylation sites (N-methyl/N-ethyl adjacent to an activating group) is 3. The third kappa shape index (κ3) is 16.2. The third-order valence-electron chi connectivity index (χ3n) is 11.4. The number of ether oxygens (including phenoxy) is 1. The van der Waals surface area contributed by atoms with Crippen LogP contribution in [0.25, 0.3) is 0 Å². The number of nitrogens with zero attached hydrogens (tertiary/aromatic N) is 4. The van der Waals surface area contributed by atoms with Gasteiger partial charge < -0.3 is 50.7 Å². The van der Waals surface area contributed by atoms with E-state index in [0.717, 1.165) is 19.3 Å². The summed E-state index contributed by atoms with van der Waals surface area (Å²) in [5.74, 6) is -5.79. The molecule has 8 amide bonds. The van der Waals surface area contributed by atoms with Crippen LogP contribution in [-0.2, 0) is 49.5 Å². The van der Waals surface area contributed by atoms with E-state index < -0.39 is 115 Å². The van der Waals surface area contributed by atoms with Crippen LogP contribution in [0, 0.1) is 11.8 Å². The molecule has 0 bridgehead atoms. The van der Waals surface area contributed by atoms with Crippen LogP contribution in [0.2, 0.25) is 0 Å². The van der Waals surface area contributed by atoms with Crippen LogP contribution in [0.1, 0.15) is 99.5 Å². The highest BCUT2D eigenvalue weighted by atomic mass is 16.5. The zero-order valence-electron chi connectivity index (χ0n) is 39.8. The fourth-order valence-corrected chi connectivity index (χ4v) is 7.71. The van der Waals surface area contributed by atoms with Crippen LogP contribution < -0.4 is 21.3 Å². The minimum absolute atomic E-state index is 0.00773. The Hall–Kier alpha value is -5.10. The van der Waals surface area contributed by atoms with Gasteiger partial charge in [0, 0.05) is 40.7 Å². The van der Waals surface area contributed by atoms with Crippen molar-refractivity contribution in [1.29, 1.82) is 0 Å². The number of aliphatic hydroxyl groups is 1. The van der Waals surface area contributed by atoms with Crippen molar-refractivity contribution in [3.8, 4) is 0 Å². The van der Waals surface area contributed by atoms with E-state index in [4.69, 9.17) is 4.74 Å². The molecular weight excluding hydrogens is 825 g/mol. The van der Waals surface area contributed by atoms with Crippen LogP contribution >= 0.6 is 0 Å². The second-order valence-electron chi connectivity index (χ2n) is 19.1. The molecule has 5 N–H and O–H groups in total. The van der Waals surface area contributed by atoms with E-state index >= 15 is 0 Å². The van der Waals surface area contributed by atoms with Gasteiger partial charge in [-0.15, -0.1) is 0 Å². The number of nitrogens with one attached hydrogen (secondary N) is 4. The maximum absolute atomic E-state index is 14.6. The van der Waals surface area contributed by atoms with Gasteiger partial charge in [-0.2, -0.15) is 0 Å². The quantitative estimate of drug-likeness (QED) is 0.224. The molecule has 2 heterocycles. The molecule has 2 aliphatic heterocycles. The number of aliphatic hydroxyl groups excluding tert-OH is 1. The summed E-state index contributed by atoms with van der Waals surface area (Å²) in [6, 6.07) is 0.896. The number of benzene rings is 1. The van der Waals surface area contributed by atoms with Crippen molar-refractivity contribution in [2.75, 3.05) is 47.4 Å². The highest BCUT2D eigenvalue weighted by molar-refractivity contribution is 5.98. The van der Waals surface area contributed by atoms with Gasteiger partial charge in [-0.05, 0) is 77.2 Å². The van der Waals surface area contributed by atoms with Crippen LogP contribution in [0.4, 0.5) is 0 Å². The number of carbonyl (C=O) groups excluding carboxylic acids is 8. The summed E-state index contributed by atoms with van der Waals surface area (Å²) in [6.07, 6.45) is 0.666. The topological polar surface area (TPSA) is 227 Å². The molecule has 0 saturated carbocycles. The predicted molar refractivity (Wildman–Crippen MR) is 240 cm³/mol. The summed E-state index contributed by atoms with van der Waals surface area (Å²) in [6.45, 7) is 14.0. The van der Waals surface area contributed by atoms with Crippen molar-refractivity contribution in [3.63, 3.8) is 0 Å². The Bertz CT molecular complexity index is 1780. The lowest BCUT2D eigenvalue weighted by Gasteiger charge is -2.36. The van der Waals surface area contributed by atoms with E-state index in [-0.39, 0.29) is 31.1 Å². The van der Waals surface area contributed by atoms with Gasteiger partial charge in [0.2, 0.25) is 47.3 Å². The molecule has 1 aromatic carbocycles. The SMILES string of the molecule is CC(C)C[C@@H]1NC(=O)CC(C(=O)N2CCCCC2)NC(=O)[C@H](COC(C)(C)C)NC(=O)[C@H]([C@@H](C)O)NC(=O)[C@H](Cc2ccccc2)N(C)C(=O)[C@H](CC(C)C)N(C)C(=O)CN(C)C1=O. The van der Waals surface area contributed by atoms with Crippen molar-refractivity contribution in [2.24, 2.45) is 11.8 Å². The predicted octanol–water partition coefficient (Wildman–Crippen LogP) is 0.985. The van der Waals surface area contributed by atoms with E-state index in [9.17, 15) is 43.5 Å². The van der Waals surface area contributed by atoms with Crippen molar-refractivity contribution in [3.05, 3.63) is 35.9 Å². The van der Waals surface area contributed by atoms with Gasteiger partial charge in [0.1, 0.15) is 36.3 Å². The van der Waals surface area contributed by atoms with E-state index in [1.165, 1.54) is 42.8 Å². The first kappa shape index (κ1) is 53.2. The van der Waals surface area contributed by atoms with Gasteiger partial charge in [0.05, 0.1) is 31.3 Å². The van der Waals surface area contributed by atoms with Gasteiger partial charge in [-0.3, -0.25) is 38.4 Å². The summed E-state index contributed by atoms with van der Waals surface area (Å²) >= 11 is 0. The van der Waals surface area contributed by atoms with E-state index in [0.29, 0.717) is 18.7 Å². The molecule has 18 heteroatoms. The van der Waals surface area contributed by atoms with Crippen LogP contribution in [-0.4, -0.2) is 167 Å². The lowest BCUT2D eigenvalue weighted by molar-refractivity contribution is -0.150. The highest BCUT2D eigenvalue weighted by Gasteiger charge is 2.40. The van der Waals surface area contributed by atoms with Gasteiger partial charge in [-0.1, -0.05) is 58.0 Å². The average Bonchev–Trinajstić information content (AvgIpc) is 3.22. The molecule has 2 aliphatic rings. The number of amides is 8. The largest absolute Gasteiger partial charge is 0.391 e. The summed E-state index contributed by atoms with van der Waals surface area (Å²) in [5.41, 5.74) is -0.120. The molecular formula is C46H74N8O10. The highest BCUT2D eigenvalue weighted by Crippen LogP contribution is 2.19. The summed E-state index contributed by atoms with van der Waals surface area (Å²) < 4.78 is 5.94. The minimum Gasteiger partial charge on any atom is -0.391 e. The number of hydrogen-bond donors (Lipinski definition) is 5. The molecule has 0 spiro atoms. The first-order chi connectivity index (χ1) is 29.9. The Morgan fingerprint density at radius 2 is 1.34 bits per heavy atom. The number of hydrogen-bond acceptors (Lipinski definition) is 10. The smallest absolute Gasteiger partial charge is 0.245 e. The molecule has 18 nitrogen and oxygen atoms in total. The Labute approximate surface area is 378 Å². The van der Waals surface area contributed by atoms with Crippen molar-refractivity contribution in [1.82, 2.24) is 40.9 Å². The summed E-state index contributed by atoms with van der Waals surface area (Å²) in [7, 11) is 4.31. The summed E-state index contributed by atoms with van der Waals surface area (Å²) in [4.78, 5) is 119.